The fourth-order valence-corrected chi connectivity index (χ4v) is 1.41. The summed E-state index contributed by atoms with van der Waals surface area (Å²) in [5.74, 6) is 0. The quantitative estimate of drug-likeness (QED) is 0.588. The first-order valence-electron chi connectivity index (χ1n) is 4.05. The van der Waals surface area contributed by atoms with Crippen molar-refractivity contribution in [3.63, 3.8) is 0 Å². The molecular weight excluding hydrogens is 182 g/mol. The Morgan fingerprint density at radius 3 is 2.00 bits per heavy atom. The average molecular weight is 189 g/mol. The van der Waals surface area contributed by atoms with Gasteiger partial charge < -0.3 is 4.84 Å². The summed E-state index contributed by atoms with van der Waals surface area (Å²) in [5, 5.41) is 4.07. The van der Waals surface area contributed by atoms with Gasteiger partial charge in [0.2, 0.25) is 10.9 Å². The highest BCUT2D eigenvalue weighted by Crippen LogP contribution is 2.01. The van der Waals surface area contributed by atoms with Crippen LogP contribution in [0.15, 0.2) is 39.0 Å². The van der Waals surface area contributed by atoms with Crippen molar-refractivity contribution < 1.29 is 4.84 Å². The van der Waals surface area contributed by atoms with E-state index < -0.39 is 0 Å². The number of hydrogen-bond acceptors (Lipinski definition) is 4. The van der Waals surface area contributed by atoms with Crippen molar-refractivity contribution >= 4 is 10.8 Å². The van der Waals surface area contributed by atoms with Crippen LogP contribution < -0.4 is 16.2 Å². The standard InChI is InChI=1S/C10H7NO3/c1-14-11-8-9(12)6-4-2-3-5-7(6)10(8)13/h2-5H,1H3. The van der Waals surface area contributed by atoms with Gasteiger partial charge in [0.05, 0.1) is 0 Å². The fraction of sp³-hybridized carbons (Fsp3) is 0.100. The highest BCUT2D eigenvalue weighted by Gasteiger charge is 2.09. The molecule has 0 fully saturated rings. The zero-order valence-corrected chi connectivity index (χ0v) is 7.48. The van der Waals surface area contributed by atoms with Crippen molar-refractivity contribution in [1.82, 2.24) is 0 Å². The number of nitrogens with zero attached hydrogens (tertiary/aromatic N) is 1. The third kappa shape index (κ3) is 1.04. The second kappa shape index (κ2) is 3.06. The Morgan fingerprint density at radius 2 is 1.57 bits per heavy atom. The predicted molar refractivity (Wildman–Crippen MR) is 51.4 cm³/mol. The Morgan fingerprint density at radius 1 is 1.07 bits per heavy atom. The molecule has 0 aliphatic carbocycles. The summed E-state index contributed by atoms with van der Waals surface area (Å²) >= 11 is 0. The SMILES string of the molecule is CON=c1c(=O)c2ccccc2c1=O. The van der Waals surface area contributed by atoms with E-state index in [1.165, 1.54) is 7.11 Å². The predicted octanol–water partition coefficient (Wildman–Crippen LogP) is -0.102. The van der Waals surface area contributed by atoms with Crippen molar-refractivity contribution in [2.75, 3.05) is 7.11 Å². The van der Waals surface area contributed by atoms with Crippen LogP contribution >= 0.6 is 0 Å². The summed E-state index contributed by atoms with van der Waals surface area (Å²) in [6, 6.07) is 6.63. The van der Waals surface area contributed by atoms with Gasteiger partial charge in [-0.15, -0.1) is 0 Å². The van der Waals surface area contributed by atoms with E-state index in [-0.39, 0.29) is 16.2 Å². The van der Waals surface area contributed by atoms with Gasteiger partial charge in [-0.05, 0) is 0 Å². The second-order valence-corrected chi connectivity index (χ2v) is 2.83. The first-order chi connectivity index (χ1) is 6.75. The van der Waals surface area contributed by atoms with Crippen molar-refractivity contribution in [3.05, 3.63) is 50.1 Å². The topological polar surface area (TPSA) is 55.7 Å². The molecule has 0 amide bonds. The zero-order valence-electron chi connectivity index (χ0n) is 7.48. The molecule has 4 nitrogen and oxygen atoms in total. The Labute approximate surface area is 78.8 Å². The highest BCUT2D eigenvalue weighted by molar-refractivity contribution is 5.83. The highest BCUT2D eigenvalue weighted by atomic mass is 16.6. The van der Waals surface area contributed by atoms with Gasteiger partial charge in [0.1, 0.15) is 7.11 Å². The largest absolute Gasteiger partial charge is 0.398 e. The molecule has 0 N–H and O–H groups in total. The van der Waals surface area contributed by atoms with Crippen LogP contribution in [0.2, 0.25) is 0 Å². The van der Waals surface area contributed by atoms with Crippen LogP contribution in [0.25, 0.3) is 10.8 Å². The van der Waals surface area contributed by atoms with Crippen molar-refractivity contribution in [2.24, 2.45) is 5.16 Å². The van der Waals surface area contributed by atoms with Crippen LogP contribution in [0.1, 0.15) is 0 Å². The van der Waals surface area contributed by atoms with Gasteiger partial charge in [-0.25, -0.2) is 0 Å². The Balaban J connectivity index is 3.09. The lowest BCUT2D eigenvalue weighted by Gasteiger charge is -1.81. The maximum Gasteiger partial charge on any atom is 0.219 e. The van der Waals surface area contributed by atoms with E-state index in [0.717, 1.165) is 0 Å². The molecule has 14 heavy (non-hydrogen) atoms. The fourth-order valence-electron chi connectivity index (χ4n) is 1.41. The molecule has 0 saturated carbocycles. The molecule has 0 bridgehead atoms. The van der Waals surface area contributed by atoms with Gasteiger partial charge in [-0.2, -0.15) is 0 Å². The summed E-state index contributed by atoms with van der Waals surface area (Å²) in [5.41, 5.74) is -0.736. The summed E-state index contributed by atoms with van der Waals surface area (Å²) < 4.78 is 0. The van der Waals surface area contributed by atoms with Gasteiger partial charge in [0, 0.05) is 10.8 Å². The van der Waals surface area contributed by atoms with Crippen LogP contribution in [0.3, 0.4) is 0 Å². The molecule has 0 aromatic heterocycles. The Kier molecular flexibility index (Phi) is 1.89. The van der Waals surface area contributed by atoms with Gasteiger partial charge in [0.25, 0.3) is 0 Å². The summed E-state index contributed by atoms with van der Waals surface area (Å²) in [6.07, 6.45) is 0. The van der Waals surface area contributed by atoms with Gasteiger partial charge in [-0.3, -0.25) is 9.59 Å². The first kappa shape index (κ1) is 8.62. The number of benzene rings is 1. The van der Waals surface area contributed by atoms with E-state index in [9.17, 15) is 9.59 Å². The summed E-state index contributed by atoms with van der Waals surface area (Å²) in [6.45, 7) is 0. The molecule has 0 radical (unpaired) electrons. The number of rotatable bonds is 1. The molecule has 70 valence electrons. The third-order valence-electron chi connectivity index (χ3n) is 2.03. The third-order valence-corrected chi connectivity index (χ3v) is 2.03. The molecular formula is C10H7NO3. The molecule has 0 aliphatic heterocycles. The number of hydrogen-bond donors (Lipinski definition) is 0. The van der Waals surface area contributed by atoms with Crippen molar-refractivity contribution in [2.45, 2.75) is 0 Å². The normalized spacial score (nSPS) is 10.4. The van der Waals surface area contributed by atoms with Crippen LogP contribution in [-0.4, -0.2) is 7.11 Å². The van der Waals surface area contributed by atoms with E-state index in [1.807, 2.05) is 0 Å². The zero-order chi connectivity index (χ0) is 10.1. The Bertz CT molecular complexity index is 571. The minimum atomic E-state index is -0.368. The minimum absolute atomic E-state index is 0.145. The summed E-state index contributed by atoms with van der Waals surface area (Å²) in [4.78, 5) is 27.6. The first-order valence-corrected chi connectivity index (χ1v) is 4.05. The lowest BCUT2D eigenvalue weighted by molar-refractivity contribution is 0.200. The maximum absolute atomic E-state index is 11.6. The van der Waals surface area contributed by atoms with Gasteiger partial charge >= 0.3 is 0 Å². The molecule has 2 aromatic carbocycles. The van der Waals surface area contributed by atoms with E-state index in [0.29, 0.717) is 10.8 Å². The van der Waals surface area contributed by atoms with Crippen LogP contribution in [0.5, 0.6) is 0 Å². The van der Waals surface area contributed by atoms with E-state index >= 15 is 0 Å². The smallest absolute Gasteiger partial charge is 0.219 e. The number of fused-ring (bicyclic) bond motifs is 1. The lowest BCUT2D eigenvalue weighted by Crippen LogP contribution is -2.31. The molecule has 0 unspecified atom stereocenters. The van der Waals surface area contributed by atoms with E-state index in [2.05, 4.69) is 9.99 Å². The van der Waals surface area contributed by atoms with Crippen LogP contribution in [0, 0.1) is 0 Å². The maximum atomic E-state index is 11.6. The molecule has 0 aliphatic rings. The monoisotopic (exact) mass is 189 g/mol. The Hall–Kier alpha value is -1.97. The van der Waals surface area contributed by atoms with Gasteiger partial charge in [-0.1, -0.05) is 29.4 Å². The van der Waals surface area contributed by atoms with Crippen molar-refractivity contribution in [3.8, 4) is 0 Å². The molecule has 0 saturated heterocycles. The van der Waals surface area contributed by atoms with Crippen LogP contribution in [0.4, 0.5) is 0 Å². The average Bonchev–Trinajstić information content (AvgIpc) is 2.45. The molecule has 0 atom stereocenters. The van der Waals surface area contributed by atoms with Crippen molar-refractivity contribution in [1.29, 1.82) is 0 Å². The molecule has 2 aromatic rings. The second-order valence-electron chi connectivity index (χ2n) is 2.83. The lowest BCUT2D eigenvalue weighted by atomic mass is 10.2. The van der Waals surface area contributed by atoms with Crippen LogP contribution in [-0.2, 0) is 4.84 Å². The molecule has 0 heterocycles. The van der Waals surface area contributed by atoms with Gasteiger partial charge in [0.15, 0.2) is 5.36 Å². The minimum Gasteiger partial charge on any atom is -0.398 e. The van der Waals surface area contributed by atoms with E-state index in [1.54, 1.807) is 24.3 Å². The molecule has 0 spiro atoms. The molecule has 2 rings (SSSR count). The summed E-state index contributed by atoms with van der Waals surface area (Å²) in [7, 11) is 1.30. The molecule has 4 heteroatoms. The van der Waals surface area contributed by atoms with E-state index in [4.69, 9.17) is 0 Å².